The molecule has 0 aliphatic carbocycles. The van der Waals surface area contributed by atoms with Crippen molar-refractivity contribution in [3.05, 3.63) is 0 Å². The maximum Gasteiger partial charge on any atom is 0.359 e. The van der Waals surface area contributed by atoms with E-state index < -0.39 is 15.8 Å². The van der Waals surface area contributed by atoms with Gasteiger partial charge in [-0.25, -0.2) is 0 Å². The fourth-order valence-electron chi connectivity index (χ4n) is 0.0919. The molecule has 0 amide bonds. The van der Waals surface area contributed by atoms with Crippen LogP contribution in [0.5, 0.6) is 0 Å². The van der Waals surface area contributed by atoms with Crippen LogP contribution in [0.3, 0.4) is 0 Å². The predicted molar refractivity (Wildman–Crippen MR) is 25.0 cm³/mol. The molecule has 0 unspecified atom stereocenters. The third-order valence-corrected chi connectivity index (χ3v) is 0.841. The minimum atomic E-state index is -4.28. The Balaban J connectivity index is 3.75. The van der Waals surface area contributed by atoms with Crippen LogP contribution >= 0.6 is 11.7 Å². The summed E-state index contributed by atoms with van der Waals surface area (Å²) in [4.78, 5) is 0. The molecule has 0 aliphatic rings. The number of rotatable bonds is 2. The number of hydrogen-bond donors (Lipinski definition) is 1. The van der Waals surface area contributed by atoms with E-state index in [0.717, 1.165) is 0 Å². The highest BCUT2D eigenvalue weighted by atomic mass is 33.1. The van der Waals surface area contributed by atoms with Gasteiger partial charge < -0.3 is 0 Å². The van der Waals surface area contributed by atoms with E-state index in [0.29, 0.717) is 0 Å². The van der Waals surface area contributed by atoms with E-state index in [4.69, 9.17) is 0 Å². The van der Waals surface area contributed by atoms with Crippen molar-refractivity contribution in [2.75, 3.05) is 0 Å². The summed E-state index contributed by atoms with van der Waals surface area (Å²) in [5.41, 5.74) is 0. The Morgan fingerprint density at radius 1 is 1.50 bits per heavy atom. The summed E-state index contributed by atoms with van der Waals surface area (Å²) in [6.45, 7) is -3.32. The van der Waals surface area contributed by atoms with Gasteiger partial charge >= 0.3 is 15.8 Å². The van der Waals surface area contributed by atoms with Gasteiger partial charge in [0.1, 0.15) is 0 Å². The molecule has 0 aromatic rings. The maximum atomic E-state index is 10.9. The summed E-state index contributed by atoms with van der Waals surface area (Å²) < 4.78 is 43.9. The van der Waals surface area contributed by atoms with E-state index in [1.54, 1.807) is 0 Å². The molecule has 0 N–H and O–H groups in total. The van der Waals surface area contributed by atoms with Crippen molar-refractivity contribution < 1.29 is 21.4 Å². The first-order valence-corrected chi connectivity index (χ1v) is 3.82. The molecular formula is CH2F2O3S2. The largest absolute Gasteiger partial charge is 0.359 e. The van der Waals surface area contributed by atoms with Crippen LogP contribution in [0, 0.1) is 0 Å². The number of thiol groups is 1. The highest BCUT2D eigenvalue weighted by Crippen LogP contribution is 2.04. The topological polar surface area (TPSA) is 43.4 Å². The summed E-state index contributed by atoms with van der Waals surface area (Å²) >= 11 is 2.66. The first-order chi connectivity index (χ1) is 3.42. The fourth-order valence-corrected chi connectivity index (χ4v) is 0.471. The molecule has 50 valence electrons. The smallest absolute Gasteiger partial charge is 0.195 e. The first kappa shape index (κ1) is 8.12. The Bertz CT molecular complexity index is 149. The minimum absolute atomic E-state index is 2.66. The molecule has 3 nitrogen and oxygen atoms in total. The molecule has 8 heavy (non-hydrogen) atoms. The molecule has 7 heteroatoms. The van der Waals surface area contributed by atoms with Gasteiger partial charge in [-0.15, -0.1) is 0 Å². The molecule has 0 aromatic heterocycles. The zero-order chi connectivity index (χ0) is 6.78. The lowest BCUT2D eigenvalue weighted by atomic mass is 11.5. The van der Waals surface area contributed by atoms with E-state index in [2.05, 4.69) is 15.8 Å². The monoisotopic (exact) mass is 164 g/mol. The Kier molecular flexibility index (Phi) is 2.64. The van der Waals surface area contributed by atoms with Crippen LogP contribution in [0.1, 0.15) is 0 Å². The quantitative estimate of drug-likeness (QED) is 0.474. The van der Waals surface area contributed by atoms with E-state index >= 15 is 0 Å². The lowest BCUT2D eigenvalue weighted by molar-refractivity contribution is -0.0419. The van der Waals surface area contributed by atoms with Crippen LogP contribution in [0.15, 0.2) is 0 Å². The van der Waals surface area contributed by atoms with Crippen molar-refractivity contribution >= 4 is 20.8 Å². The van der Waals surface area contributed by atoms with Crippen molar-refractivity contribution in [3.8, 4) is 0 Å². The van der Waals surface area contributed by atoms with Crippen molar-refractivity contribution in [2.45, 2.75) is 6.61 Å². The molecule has 0 fully saturated rings. The third kappa shape index (κ3) is 6.12. The Morgan fingerprint density at radius 2 is 1.88 bits per heavy atom. The van der Waals surface area contributed by atoms with Gasteiger partial charge in [0.25, 0.3) is 0 Å². The Morgan fingerprint density at radius 3 is 1.88 bits per heavy atom. The normalized spacial score (nSPS) is 12.5. The summed E-state index contributed by atoms with van der Waals surface area (Å²) in [5, 5.41) is 0. The lowest BCUT2D eigenvalue weighted by Gasteiger charge is -1.93. The summed E-state index contributed by atoms with van der Waals surface area (Å²) in [6.07, 6.45) is 0. The molecule has 0 heterocycles. The van der Waals surface area contributed by atoms with Gasteiger partial charge in [-0.3, -0.25) is 0 Å². The van der Waals surface area contributed by atoms with Crippen LogP contribution in [0.25, 0.3) is 0 Å². The second-order valence-electron chi connectivity index (χ2n) is 0.785. The van der Waals surface area contributed by atoms with Crippen LogP contribution in [-0.2, 0) is 13.3 Å². The van der Waals surface area contributed by atoms with Crippen LogP contribution < -0.4 is 0 Å². The van der Waals surface area contributed by atoms with Crippen LogP contribution in [0.4, 0.5) is 8.78 Å². The van der Waals surface area contributed by atoms with E-state index in [1.807, 2.05) is 0 Å². The van der Waals surface area contributed by atoms with E-state index in [-0.39, 0.29) is 0 Å². The minimum Gasteiger partial charge on any atom is -0.195 e. The predicted octanol–water partition coefficient (Wildman–Crippen LogP) is 0.400. The summed E-state index contributed by atoms with van der Waals surface area (Å²) in [6, 6.07) is 0. The molecule has 0 rings (SSSR count). The lowest BCUT2D eigenvalue weighted by Crippen LogP contribution is -2.02. The van der Waals surface area contributed by atoms with Gasteiger partial charge in [0.15, 0.2) is 0 Å². The van der Waals surface area contributed by atoms with Crippen molar-refractivity contribution in [2.24, 2.45) is 0 Å². The van der Waals surface area contributed by atoms with E-state index in [9.17, 15) is 17.2 Å². The average molecular weight is 164 g/mol. The van der Waals surface area contributed by atoms with Gasteiger partial charge in [-0.2, -0.15) is 21.4 Å². The highest BCUT2D eigenvalue weighted by Gasteiger charge is 2.11. The van der Waals surface area contributed by atoms with Gasteiger partial charge in [0, 0.05) is 0 Å². The number of hydrogen-bond acceptors (Lipinski definition) is 3. The van der Waals surface area contributed by atoms with E-state index in [1.165, 1.54) is 0 Å². The third-order valence-electron chi connectivity index (χ3n) is 0.194. The second-order valence-corrected chi connectivity index (χ2v) is 3.17. The number of alkyl halides is 2. The molecule has 0 spiro atoms. The van der Waals surface area contributed by atoms with Gasteiger partial charge in [0.05, 0.1) is 0 Å². The second kappa shape index (κ2) is 2.60. The zero-order valence-corrected chi connectivity index (χ0v) is 5.12. The maximum absolute atomic E-state index is 10.9. The zero-order valence-electron chi connectivity index (χ0n) is 3.41. The average Bonchev–Trinajstić information content (AvgIpc) is 1.21. The SMILES string of the molecule is O=S(=O)(S)OC(F)F. The Labute approximate surface area is 49.6 Å². The van der Waals surface area contributed by atoms with Crippen molar-refractivity contribution in [1.29, 1.82) is 0 Å². The molecule has 0 radical (unpaired) electrons. The fraction of sp³-hybridized carbons (Fsp3) is 1.00. The Hall–Kier alpha value is 0.120. The molecule has 0 saturated carbocycles. The molecular weight excluding hydrogens is 162 g/mol. The molecule has 0 saturated heterocycles. The summed E-state index contributed by atoms with van der Waals surface area (Å²) in [7, 11) is -4.28. The number of halogens is 2. The molecule has 0 atom stereocenters. The van der Waals surface area contributed by atoms with Crippen molar-refractivity contribution in [3.63, 3.8) is 0 Å². The van der Waals surface area contributed by atoms with Crippen molar-refractivity contribution in [1.82, 2.24) is 0 Å². The van der Waals surface area contributed by atoms with Gasteiger partial charge in [0.2, 0.25) is 0 Å². The first-order valence-electron chi connectivity index (χ1n) is 1.35. The van der Waals surface area contributed by atoms with Crippen LogP contribution in [0.2, 0.25) is 0 Å². The van der Waals surface area contributed by atoms with Gasteiger partial charge in [-0.1, -0.05) is 0 Å². The van der Waals surface area contributed by atoms with Crippen LogP contribution in [-0.4, -0.2) is 15.0 Å². The highest BCUT2D eigenvalue weighted by molar-refractivity contribution is 8.61. The molecule has 0 aliphatic heterocycles. The summed E-state index contributed by atoms with van der Waals surface area (Å²) in [5.74, 6) is 0. The molecule has 0 bridgehead atoms. The standard InChI is InChI=1S/CH2F2O3S2/c2-1(3)6-8(4,5)7/h1H,(H,4,5,7). The molecule has 0 aromatic carbocycles. The van der Waals surface area contributed by atoms with Gasteiger partial charge in [-0.05, 0) is 11.7 Å².